The number of aryl methyl sites for hydroxylation is 1. The van der Waals surface area contributed by atoms with Crippen molar-refractivity contribution in [3.05, 3.63) is 119 Å². The number of benzene rings is 4. The molecule has 174 valence electrons. The number of amides is 1. The van der Waals surface area contributed by atoms with Crippen molar-refractivity contribution < 1.29 is 9.21 Å². The Morgan fingerprint density at radius 2 is 1.58 bits per heavy atom. The molecule has 0 aliphatic carbocycles. The van der Waals surface area contributed by atoms with Crippen LogP contribution in [0.3, 0.4) is 0 Å². The Morgan fingerprint density at radius 1 is 0.833 bits per heavy atom. The summed E-state index contributed by atoms with van der Waals surface area (Å²) in [6.45, 7) is 1.91. The Labute approximate surface area is 205 Å². The summed E-state index contributed by atoms with van der Waals surface area (Å²) >= 11 is 0. The maximum Gasteiger partial charge on any atom is 0.344 e. The summed E-state index contributed by atoms with van der Waals surface area (Å²) in [4.78, 5) is 27.3. The van der Waals surface area contributed by atoms with Crippen LogP contribution in [0.4, 0.5) is 5.69 Å². The van der Waals surface area contributed by atoms with Crippen LogP contribution in [-0.2, 0) is 0 Å². The van der Waals surface area contributed by atoms with Crippen molar-refractivity contribution in [3.63, 3.8) is 0 Å². The number of rotatable bonds is 4. The fourth-order valence-corrected chi connectivity index (χ4v) is 4.17. The van der Waals surface area contributed by atoms with E-state index in [4.69, 9.17) is 4.42 Å². The zero-order valence-electron chi connectivity index (χ0n) is 19.3. The first-order valence-corrected chi connectivity index (χ1v) is 11.4. The largest absolute Gasteiger partial charge is 0.422 e. The lowest BCUT2D eigenvalue weighted by atomic mass is 10.0. The molecule has 7 nitrogen and oxygen atoms in total. The Morgan fingerprint density at radius 3 is 2.42 bits per heavy atom. The molecule has 7 heteroatoms. The van der Waals surface area contributed by atoms with E-state index in [1.54, 1.807) is 41.2 Å². The van der Waals surface area contributed by atoms with E-state index in [1.807, 2.05) is 67.6 Å². The number of nitrogens with one attached hydrogen (secondary N) is 1. The molecular formula is C29H20N4O3. The first kappa shape index (κ1) is 21.5. The quantitative estimate of drug-likeness (QED) is 0.330. The van der Waals surface area contributed by atoms with Gasteiger partial charge in [-0.2, -0.15) is 4.80 Å². The van der Waals surface area contributed by atoms with Gasteiger partial charge >= 0.3 is 5.63 Å². The predicted molar refractivity (Wildman–Crippen MR) is 139 cm³/mol. The fraction of sp³-hybridized carbons (Fsp3) is 0.0345. The fourth-order valence-electron chi connectivity index (χ4n) is 4.17. The van der Waals surface area contributed by atoms with Crippen LogP contribution >= 0.6 is 0 Å². The third-order valence-electron chi connectivity index (χ3n) is 6.04. The third kappa shape index (κ3) is 3.92. The standard InChI is InChI=1S/C29H20N4O3/c1-18-14-25-26(32-33(31-25)22-11-3-2-4-12-22)17-24(18)30-28(34)21-10-7-9-19(15-21)23-16-20-8-5-6-13-27(20)36-29(23)35/h2-17H,1H3,(H,30,34). The lowest BCUT2D eigenvalue weighted by Crippen LogP contribution is -2.13. The van der Waals surface area contributed by atoms with Crippen LogP contribution in [0.1, 0.15) is 15.9 Å². The van der Waals surface area contributed by atoms with Crippen LogP contribution in [0.2, 0.25) is 0 Å². The van der Waals surface area contributed by atoms with Crippen molar-refractivity contribution in [3.8, 4) is 16.8 Å². The molecule has 0 saturated carbocycles. The molecular weight excluding hydrogens is 452 g/mol. The molecule has 0 bridgehead atoms. The van der Waals surface area contributed by atoms with Gasteiger partial charge in [-0.15, -0.1) is 10.2 Å². The molecule has 0 spiro atoms. The third-order valence-corrected chi connectivity index (χ3v) is 6.04. The number of carbonyl (C=O) groups is 1. The van der Waals surface area contributed by atoms with Gasteiger partial charge in [0, 0.05) is 16.6 Å². The van der Waals surface area contributed by atoms with E-state index in [2.05, 4.69) is 15.5 Å². The second kappa shape index (κ2) is 8.63. The molecule has 0 aliphatic heterocycles. The number of carbonyl (C=O) groups excluding carboxylic acids is 1. The van der Waals surface area contributed by atoms with Gasteiger partial charge < -0.3 is 9.73 Å². The highest BCUT2D eigenvalue weighted by Gasteiger charge is 2.14. The molecule has 2 heterocycles. The van der Waals surface area contributed by atoms with Gasteiger partial charge in [0.05, 0.1) is 11.3 Å². The maximum atomic E-state index is 13.2. The van der Waals surface area contributed by atoms with Crippen molar-refractivity contribution >= 4 is 33.6 Å². The van der Waals surface area contributed by atoms with Gasteiger partial charge in [-0.25, -0.2) is 4.79 Å². The molecule has 6 aromatic rings. The summed E-state index contributed by atoms with van der Waals surface area (Å²) in [5, 5.41) is 12.9. The van der Waals surface area contributed by atoms with Crippen LogP contribution in [0.25, 0.3) is 38.8 Å². The SMILES string of the molecule is Cc1cc2nn(-c3ccccc3)nc2cc1NC(=O)c1cccc(-c2cc3ccccc3oc2=O)c1. The van der Waals surface area contributed by atoms with Crippen molar-refractivity contribution in [2.24, 2.45) is 0 Å². The molecule has 0 unspecified atom stereocenters. The zero-order valence-corrected chi connectivity index (χ0v) is 19.3. The number of para-hydroxylation sites is 2. The van der Waals surface area contributed by atoms with Gasteiger partial charge in [-0.1, -0.05) is 48.5 Å². The van der Waals surface area contributed by atoms with E-state index in [9.17, 15) is 9.59 Å². The van der Waals surface area contributed by atoms with Crippen LogP contribution in [0.5, 0.6) is 0 Å². The van der Waals surface area contributed by atoms with Gasteiger partial charge in [0.2, 0.25) is 0 Å². The van der Waals surface area contributed by atoms with E-state index in [0.717, 1.165) is 22.2 Å². The van der Waals surface area contributed by atoms with Crippen LogP contribution in [0, 0.1) is 6.92 Å². The van der Waals surface area contributed by atoms with E-state index in [0.29, 0.717) is 33.5 Å². The van der Waals surface area contributed by atoms with Gasteiger partial charge in [0.1, 0.15) is 16.6 Å². The average Bonchev–Trinajstić information content (AvgIpc) is 3.31. The monoisotopic (exact) mass is 472 g/mol. The lowest BCUT2D eigenvalue weighted by Gasteiger charge is -2.09. The molecule has 0 fully saturated rings. The normalized spacial score (nSPS) is 11.1. The summed E-state index contributed by atoms with van der Waals surface area (Å²) < 4.78 is 5.46. The van der Waals surface area contributed by atoms with Crippen LogP contribution in [-0.4, -0.2) is 20.9 Å². The second-order valence-corrected chi connectivity index (χ2v) is 8.50. The van der Waals surface area contributed by atoms with E-state index >= 15 is 0 Å². The minimum absolute atomic E-state index is 0.292. The van der Waals surface area contributed by atoms with E-state index < -0.39 is 5.63 Å². The van der Waals surface area contributed by atoms with Crippen molar-refractivity contribution in [2.45, 2.75) is 6.92 Å². The maximum absolute atomic E-state index is 13.2. The number of hydrogen-bond acceptors (Lipinski definition) is 5. The number of nitrogens with zero attached hydrogens (tertiary/aromatic N) is 3. The Balaban J connectivity index is 1.31. The van der Waals surface area contributed by atoms with Crippen LogP contribution in [0.15, 0.2) is 106 Å². The number of hydrogen-bond donors (Lipinski definition) is 1. The van der Waals surface area contributed by atoms with Gasteiger partial charge in [0.15, 0.2) is 0 Å². The van der Waals surface area contributed by atoms with Crippen molar-refractivity contribution in [2.75, 3.05) is 5.32 Å². The predicted octanol–water partition coefficient (Wildman–Crippen LogP) is 5.75. The zero-order chi connectivity index (χ0) is 24.6. The summed E-state index contributed by atoms with van der Waals surface area (Å²) in [7, 11) is 0. The van der Waals surface area contributed by atoms with E-state index in [1.165, 1.54) is 0 Å². The smallest absolute Gasteiger partial charge is 0.344 e. The number of fused-ring (bicyclic) bond motifs is 2. The Kier molecular flexibility index (Phi) is 5.15. The van der Waals surface area contributed by atoms with Crippen molar-refractivity contribution in [1.82, 2.24) is 15.0 Å². The van der Waals surface area contributed by atoms with Gasteiger partial charge in [0.25, 0.3) is 5.91 Å². The highest BCUT2D eigenvalue weighted by Crippen LogP contribution is 2.25. The molecule has 1 N–H and O–H groups in total. The number of anilines is 1. The molecule has 4 aromatic carbocycles. The molecule has 6 rings (SSSR count). The average molecular weight is 473 g/mol. The van der Waals surface area contributed by atoms with Gasteiger partial charge in [-0.05, 0) is 66.6 Å². The first-order chi connectivity index (χ1) is 17.5. The summed E-state index contributed by atoms with van der Waals surface area (Å²) in [6.07, 6.45) is 0. The summed E-state index contributed by atoms with van der Waals surface area (Å²) in [5.74, 6) is -0.292. The molecule has 0 radical (unpaired) electrons. The summed E-state index contributed by atoms with van der Waals surface area (Å²) in [6, 6.07) is 29.4. The minimum Gasteiger partial charge on any atom is -0.422 e. The summed E-state index contributed by atoms with van der Waals surface area (Å²) in [5.41, 5.74) is 5.27. The molecule has 0 saturated heterocycles. The second-order valence-electron chi connectivity index (χ2n) is 8.50. The lowest BCUT2D eigenvalue weighted by molar-refractivity contribution is 0.102. The van der Waals surface area contributed by atoms with Gasteiger partial charge in [-0.3, -0.25) is 4.79 Å². The number of aromatic nitrogens is 3. The first-order valence-electron chi connectivity index (χ1n) is 11.4. The molecule has 2 aromatic heterocycles. The Bertz CT molecular complexity index is 1820. The molecule has 36 heavy (non-hydrogen) atoms. The van der Waals surface area contributed by atoms with E-state index in [-0.39, 0.29) is 5.91 Å². The Hall–Kier alpha value is -5.04. The topological polar surface area (TPSA) is 90.0 Å². The van der Waals surface area contributed by atoms with Crippen LogP contribution < -0.4 is 10.9 Å². The minimum atomic E-state index is -0.450. The molecule has 0 aliphatic rings. The highest BCUT2D eigenvalue weighted by atomic mass is 16.4. The highest BCUT2D eigenvalue weighted by molar-refractivity contribution is 6.06. The van der Waals surface area contributed by atoms with Crippen molar-refractivity contribution in [1.29, 1.82) is 0 Å². The molecule has 1 amide bonds. The molecule has 0 atom stereocenters.